The Morgan fingerprint density at radius 2 is 1.79 bits per heavy atom. The summed E-state index contributed by atoms with van der Waals surface area (Å²) in [6, 6.07) is 16.1. The minimum absolute atomic E-state index is 0.0513. The Labute approximate surface area is 178 Å². The zero-order valence-electron chi connectivity index (χ0n) is 16.3. The third-order valence-corrected chi connectivity index (χ3v) is 5.27. The minimum atomic E-state index is -0.0513. The van der Waals surface area contributed by atoms with E-state index < -0.39 is 0 Å². The first-order valence-electron chi connectivity index (χ1n) is 9.41. The van der Waals surface area contributed by atoms with Crippen molar-refractivity contribution in [1.29, 1.82) is 0 Å². The highest BCUT2D eigenvalue weighted by molar-refractivity contribution is 9.10. The van der Waals surface area contributed by atoms with Crippen molar-refractivity contribution in [2.75, 3.05) is 0 Å². The van der Waals surface area contributed by atoms with E-state index in [-0.39, 0.29) is 12.3 Å². The van der Waals surface area contributed by atoms with E-state index in [0.717, 1.165) is 38.3 Å². The van der Waals surface area contributed by atoms with Gasteiger partial charge in [-0.1, -0.05) is 42.0 Å². The van der Waals surface area contributed by atoms with Gasteiger partial charge in [0.25, 0.3) is 0 Å². The topological polar surface area (TPSA) is 59.3 Å². The van der Waals surface area contributed by atoms with Gasteiger partial charge in [0.1, 0.15) is 10.3 Å². The standard InChI is InChI=1S/C23H21BrN4O/c1-15-3-7-18(8-4-15)23-19(28-14-16(2)5-10-21(28)27-23)11-22(29)26-13-17-6-9-20(24)25-12-17/h3-10,12,14H,11,13H2,1-2H3,(H,26,29). The minimum Gasteiger partial charge on any atom is -0.352 e. The van der Waals surface area contributed by atoms with Gasteiger partial charge in [0.2, 0.25) is 5.91 Å². The molecule has 0 saturated carbocycles. The largest absolute Gasteiger partial charge is 0.352 e. The number of pyridine rings is 2. The summed E-state index contributed by atoms with van der Waals surface area (Å²) in [4.78, 5) is 21.7. The highest BCUT2D eigenvalue weighted by atomic mass is 79.9. The molecule has 1 amide bonds. The van der Waals surface area contributed by atoms with Gasteiger partial charge in [-0.2, -0.15) is 0 Å². The van der Waals surface area contributed by atoms with E-state index in [4.69, 9.17) is 4.98 Å². The Kier molecular flexibility index (Phi) is 5.45. The third kappa shape index (κ3) is 4.38. The van der Waals surface area contributed by atoms with Crippen LogP contribution in [0.1, 0.15) is 22.4 Å². The molecule has 5 nitrogen and oxygen atoms in total. The Morgan fingerprint density at radius 3 is 2.52 bits per heavy atom. The number of halogens is 1. The second-order valence-corrected chi connectivity index (χ2v) is 7.96. The summed E-state index contributed by atoms with van der Waals surface area (Å²) in [6.07, 6.45) is 4.03. The maximum Gasteiger partial charge on any atom is 0.226 e. The molecule has 0 fully saturated rings. The molecule has 0 atom stereocenters. The van der Waals surface area contributed by atoms with Gasteiger partial charge in [-0.05, 0) is 53.0 Å². The molecule has 4 aromatic rings. The molecule has 1 N–H and O–H groups in total. The van der Waals surface area contributed by atoms with Crippen LogP contribution in [-0.4, -0.2) is 20.3 Å². The van der Waals surface area contributed by atoms with Crippen LogP contribution < -0.4 is 5.32 Å². The number of nitrogens with one attached hydrogen (secondary N) is 1. The van der Waals surface area contributed by atoms with Crippen LogP contribution in [0.3, 0.4) is 0 Å². The molecule has 146 valence electrons. The molecular weight excluding hydrogens is 428 g/mol. The fraction of sp³-hybridized carbons (Fsp3) is 0.174. The van der Waals surface area contributed by atoms with Gasteiger partial charge in [-0.25, -0.2) is 9.97 Å². The van der Waals surface area contributed by atoms with Gasteiger partial charge in [0.05, 0.1) is 17.8 Å². The summed E-state index contributed by atoms with van der Waals surface area (Å²) < 4.78 is 2.79. The summed E-state index contributed by atoms with van der Waals surface area (Å²) in [5.41, 5.74) is 6.84. The van der Waals surface area contributed by atoms with E-state index in [0.29, 0.717) is 6.54 Å². The lowest BCUT2D eigenvalue weighted by atomic mass is 10.1. The zero-order valence-corrected chi connectivity index (χ0v) is 17.9. The van der Waals surface area contributed by atoms with Crippen LogP contribution in [0.2, 0.25) is 0 Å². The van der Waals surface area contributed by atoms with Crippen molar-refractivity contribution < 1.29 is 4.79 Å². The van der Waals surface area contributed by atoms with Gasteiger partial charge >= 0.3 is 0 Å². The molecule has 1 aromatic carbocycles. The quantitative estimate of drug-likeness (QED) is 0.452. The van der Waals surface area contributed by atoms with Gasteiger partial charge in [-0.3, -0.25) is 4.79 Å². The Hall–Kier alpha value is -2.99. The first kappa shape index (κ1) is 19.3. The molecule has 0 radical (unpaired) electrons. The molecule has 0 aliphatic carbocycles. The van der Waals surface area contributed by atoms with Crippen LogP contribution in [0.25, 0.3) is 16.9 Å². The number of aromatic nitrogens is 3. The van der Waals surface area contributed by atoms with Crippen molar-refractivity contribution in [3.8, 4) is 11.3 Å². The molecule has 0 spiro atoms. The third-order valence-electron chi connectivity index (χ3n) is 4.80. The van der Waals surface area contributed by atoms with Gasteiger partial charge < -0.3 is 9.72 Å². The first-order chi connectivity index (χ1) is 14.0. The fourth-order valence-electron chi connectivity index (χ4n) is 3.24. The highest BCUT2D eigenvalue weighted by Crippen LogP contribution is 2.26. The second kappa shape index (κ2) is 8.17. The summed E-state index contributed by atoms with van der Waals surface area (Å²) in [7, 11) is 0. The average Bonchev–Trinajstić information content (AvgIpc) is 3.06. The second-order valence-electron chi connectivity index (χ2n) is 7.15. The fourth-order valence-corrected chi connectivity index (χ4v) is 3.47. The molecule has 0 aliphatic rings. The molecule has 0 aliphatic heterocycles. The van der Waals surface area contributed by atoms with Crippen LogP contribution in [0.4, 0.5) is 0 Å². The van der Waals surface area contributed by atoms with E-state index in [1.54, 1.807) is 6.20 Å². The van der Waals surface area contributed by atoms with Crippen molar-refractivity contribution in [3.63, 3.8) is 0 Å². The molecule has 29 heavy (non-hydrogen) atoms. The number of fused-ring (bicyclic) bond motifs is 1. The van der Waals surface area contributed by atoms with Crippen LogP contribution >= 0.6 is 15.9 Å². The van der Waals surface area contributed by atoms with Crippen molar-refractivity contribution in [3.05, 3.63) is 87.9 Å². The number of nitrogens with zero attached hydrogens (tertiary/aromatic N) is 3. The summed E-state index contributed by atoms with van der Waals surface area (Å²) in [5.74, 6) is -0.0513. The van der Waals surface area contributed by atoms with E-state index in [1.165, 1.54) is 5.56 Å². The van der Waals surface area contributed by atoms with Crippen LogP contribution in [0, 0.1) is 13.8 Å². The number of aryl methyl sites for hydroxylation is 2. The number of imidazole rings is 1. The molecule has 0 bridgehead atoms. The molecule has 4 rings (SSSR count). The van der Waals surface area contributed by atoms with Crippen LogP contribution in [0.5, 0.6) is 0 Å². The number of rotatable bonds is 5. The molecule has 0 saturated heterocycles. The van der Waals surface area contributed by atoms with Crippen molar-refractivity contribution in [2.45, 2.75) is 26.8 Å². The number of carbonyl (C=O) groups excluding carboxylic acids is 1. The molecule has 6 heteroatoms. The Balaban J connectivity index is 1.63. The maximum atomic E-state index is 12.7. The van der Waals surface area contributed by atoms with Gasteiger partial charge in [0, 0.05) is 24.5 Å². The van der Waals surface area contributed by atoms with Crippen molar-refractivity contribution in [2.24, 2.45) is 0 Å². The predicted octanol–water partition coefficient (Wildman–Crippen LogP) is 4.63. The normalized spacial score (nSPS) is 11.0. The molecule has 3 heterocycles. The summed E-state index contributed by atoms with van der Waals surface area (Å²) >= 11 is 3.32. The number of hydrogen-bond acceptors (Lipinski definition) is 3. The van der Waals surface area contributed by atoms with E-state index in [2.05, 4.69) is 57.4 Å². The number of amides is 1. The smallest absolute Gasteiger partial charge is 0.226 e. The SMILES string of the molecule is Cc1ccc(-c2nc3ccc(C)cn3c2CC(=O)NCc2ccc(Br)nc2)cc1. The molecule has 0 unspecified atom stereocenters. The van der Waals surface area contributed by atoms with Gasteiger partial charge in [-0.15, -0.1) is 0 Å². The lowest BCUT2D eigenvalue weighted by Gasteiger charge is -2.08. The zero-order chi connectivity index (χ0) is 20.4. The summed E-state index contributed by atoms with van der Waals surface area (Å²) in [6.45, 7) is 4.53. The molecule has 3 aromatic heterocycles. The van der Waals surface area contributed by atoms with Crippen LogP contribution in [0.15, 0.2) is 65.5 Å². The Bertz CT molecular complexity index is 1160. The average molecular weight is 449 g/mol. The number of carbonyl (C=O) groups is 1. The van der Waals surface area contributed by atoms with Crippen molar-refractivity contribution >= 4 is 27.5 Å². The Morgan fingerprint density at radius 1 is 1.03 bits per heavy atom. The molecular formula is C23H21BrN4O. The van der Waals surface area contributed by atoms with Gasteiger partial charge in [0.15, 0.2) is 0 Å². The van der Waals surface area contributed by atoms with Crippen molar-refractivity contribution in [1.82, 2.24) is 19.7 Å². The van der Waals surface area contributed by atoms with E-state index in [1.807, 2.05) is 41.8 Å². The summed E-state index contributed by atoms with van der Waals surface area (Å²) in [5, 5.41) is 2.99. The van der Waals surface area contributed by atoms with E-state index >= 15 is 0 Å². The maximum absolute atomic E-state index is 12.7. The lowest BCUT2D eigenvalue weighted by Crippen LogP contribution is -2.25. The lowest BCUT2D eigenvalue weighted by molar-refractivity contribution is -0.120. The predicted molar refractivity (Wildman–Crippen MR) is 118 cm³/mol. The van der Waals surface area contributed by atoms with E-state index in [9.17, 15) is 4.79 Å². The number of hydrogen-bond donors (Lipinski definition) is 1. The van der Waals surface area contributed by atoms with Crippen LogP contribution in [-0.2, 0) is 17.8 Å². The first-order valence-corrected chi connectivity index (χ1v) is 10.2. The number of benzene rings is 1. The highest BCUT2D eigenvalue weighted by Gasteiger charge is 2.17. The monoisotopic (exact) mass is 448 g/mol.